The molecular formula is C27H22F4O3. The number of rotatable bonds is 9. The highest BCUT2D eigenvalue weighted by Crippen LogP contribution is 2.32. The summed E-state index contributed by atoms with van der Waals surface area (Å²) >= 11 is 0. The molecule has 3 aromatic rings. The number of halogens is 4. The molecule has 0 saturated carbocycles. The van der Waals surface area contributed by atoms with Gasteiger partial charge in [-0.2, -0.15) is 8.78 Å². The van der Waals surface area contributed by atoms with E-state index in [-0.39, 0.29) is 17.7 Å². The quantitative estimate of drug-likeness (QED) is 0.183. The van der Waals surface area contributed by atoms with Crippen molar-refractivity contribution in [1.29, 1.82) is 0 Å². The standard InChI is InChI=1S/C27H22F4O3/c1-16(32-3)24(28)25(29)17(2)34-15-18-5-7-19(8-6-18)22-13-14-23(27(31)26(22)30)20-9-11-21(33-4)12-10-20/h5-14H,1-2,15H2,3-4H3/b25-24-. The SMILES string of the molecule is C=C(OC)/C(F)=C(/F)C(=C)OCc1ccc(-c2ccc(-c3ccc(OC)cc3)c(F)c2F)cc1. The summed E-state index contributed by atoms with van der Waals surface area (Å²) in [4.78, 5) is 0. The van der Waals surface area contributed by atoms with Crippen molar-refractivity contribution in [3.63, 3.8) is 0 Å². The van der Waals surface area contributed by atoms with Gasteiger partial charge in [0, 0.05) is 11.1 Å². The third-order valence-electron chi connectivity index (χ3n) is 5.09. The Balaban J connectivity index is 1.75. The fourth-order valence-electron chi connectivity index (χ4n) is 3.11. The van der Waals surface area contributed by atoms with Gasteiger partial charge >= 0.3 is 0 Å². The Morgan fingerprint density at radius 2 is 1.18 bits per heavy atom. The van der Waals surface area contributed by atoms with Crippen LogP contribution in [0.1, 0.15) is 5.56 Å². The zero-order valence-corrected chi connectivity index (χ0v) is 18.6. The van der Waals surface area contributed by atoms with Crippen LogP contribution in [0.15, 0.2) is 97.0 Å². The maximum absolute atomic E-state index is 14.9. The van der Waals surface area contributed by atoms with E-state index in [2.05, 4.69) is 17.9 Å². The van der Waals surface area contributed by atoms with Crippen LogP contribution in [-0.4, -0.2) is 14.2 Å². The minimum absolute atomic E-state index is 0.0840. The minimum atomic E-state index is -1.32. The van der Waals surface area contributed by atoms with Gasteiger partial charge in [-0.3, -0.25) is 0 Å². The molecular weight excluding hydrogens is 448 g/mol. The average molecular weight is 470 g/mol. The largest absolute Gasteiger partial charge is 0.497 e. The molecule has 0 fully saturated rings. The molecule has 3 rings (SSSR count). The van der Waals surface area contributed by atoms with Crippen LogP contribution in [0.4, 0.5) is 17.6 Å². The zero-order chi connectivity index (χ0) is 24.8. The molecule has 0 aliphatic rings. The van der Waals surface area contributed by atoms with Crippen LogP contribution < -0.4 is 4.74 Å². The van der Waals surface area contributed by atoms with E-state index in [1.165, 1.54) is 19.2 Å². The molecule has 0 saturated heterocycles. The van der Waals surface area contributed by atoms with Gasteiger partial charge in [0.1, 0.15) is 12.4 Å². The molecule has 0 aromatic heterocycles. The van der Waals surface area contributed by atoms with E-state index in [4.69, 9.17) is 9.47 Å². The number of benzene rings is 3. The van der Waals surface area contributed by atoms with E-state index in [9.17, 15) is 17.6 Å². The topological polar surface area (TPSA) is 27.7 Å². The van der Waals surface area contributed by atoms with Crippen LogP contribution in [0.2, 0.25) is 0 Å². The van der Waals surface area contributed by atoms with Gasteiger partial charge in [-0.05, 0) is 28.8 Å². The van der Waals surface area contributed by atoms with Crippen molar-refractivity contribution in [2.24, 2.45) is 0 Å². The summed E-state index contributed by atoms with van der Waals surface area (Å²) in [5.41, 5.74) is 1.75. The van der Waals surface area contributed by atoms with E-state index in [0.29, 0.717) is 22.4 Å². The molecule has 0 aliphatic carbocycles. The molecule has 3 nitrogen and oxygen atoms in total. The molecule has 7 heteroatoms. The first-order valence-electron chi connectivity index (χ1n) is 10.1. The van der Waals surface area contributed by atoms with Gasteiger partial charge in [0.2, 0.25) is 11.7 Å². The lowest BCUT2D eigenvalue weighted by molar-refractivity contribution is 0.192. The fraction of sp³-hybridized carbons (Fsp3) is 0.111. The second-order valence-electron chi connectivity index (χ2n) is 7.18. The van der Waals surface area contributed by atoms with Gasteiger partial charge in [0.05, 0.1) is 14.2 Å². The Bertz CT molecular complexity index is 1230. The second-order valence-corrected chi connectivity index (χ2v) is 7.18. The van der Waals surface area contributed by atoms with Gasteiger partial charge in [0.25, 0.3) is 0 Å². The lowest BCUT2D eigenvalue weighted by Gasteiger charge is -2.11. The molecule has 0 atom stereocenters. The maximum atomic E-state index is 14.9. The first-order chi connectivity index (χ1) is 16.3. The Labute approximate surface area is 195 Å². The van der Waals surface area contributed by atoms with Crippen LogP contribution in [0, 0.1) is 11.6 Å². The van der Waals surface area contributed by atoms with E-state index in [0.717, 1.165) is 7.11 Å². The second kappa shape index (κ2) is 10.7. The Kier molecular flexibility index (Phi) is 7.79. The monoisotopic (exact) mass is 470 g/mol. The first-order valence-corrected chi connectivity index (χ1v) is 10.1. The van der Waals surface area contributed by atoms with Gasteiger partial charge in [-0.25, -0.2) is 8.78 Å². The van der Waals surface area contributed by atoms with Gasteiger partial charge < -0.3 is 14.2 Å². The normalized spacial score (nSPS) is 11.5. The number of methoxy groups -OCH3 is 2. The highest BCUT2D eigenvalue weighted by atomic mass is 19.2. The maximum Gasteiger partial charge on any atom is 0.203 e. The van der Waals surface area contributed by atoms with Crippen LogP contribution in [0.5, 0.6) is 5.75 Å². The summed E-state index contributed by atoms with van der Waals surface area (Å²) < 4.78 is 72.1. The minimum Gasteiger partial charge on any atom is -0.497 e. The predicted molar refractivity (Wildman–Crippen MR) is 123 cm³/mol. The highest BCUT2D eigenvalue weighted by Gasteiger charge is 2.17. The summed E-state index contributed by atoms with van der Waals surface area (Å²) in [7, 11) is 2.68. The van der Waals surface area contributed by atoms with Crippen molar-refractivity contribution in [1.82, 2.24) is 0 Å². The molecule has 34 heavy (non-hydrogen) atoms. The van der Waals surface area contributed by atoms with Crippen molar-refractivity contribution < 1.29 is 31.8 Å². The van der Waals surface area contributed by atoms with Gasteiger partial charge in [-0.1, -0.05) is 61.7 Å². The van der Waals surface area contributed by atoms with Crippen molar-refractivity contribution in [3.05, 3.63) is 114 Å². The summed E-state index contributed by atoms with van der Waals surface area (Å²) in [6.45, 7) is 6.45. The summed E-state index contributed by atoms with van der Waals surface area (Å²) in [6.07, 6.45) is 0. The third kappa shape index (κ3) is 5.31. The summed E-state index contributed by atoms with van der Waals surface area (Å²) in [5.74, 6) is -4.98. The molecule has 0 bridgehead atoms. The molecule has 0 unspecified atom stereocenters. The van der Waals surface area contributed by atoms with Crippen molar-refractivity contribution >= 4 is 0 Å². The number of allylic oxidation sites excluding steroid dienone is 2. The predicted octanol–water partition coefficient (Wildman–Crippen LogP) is 7.65. The Morgan fingerprint density at radius 3 is 1.65 bits per heavy atom. The molecule has 3 aromatic carbocycles. The van der Waals surface area contributed by atoms with E-state index in [1.54, 1.807) is 48.5 Å². The van der Waals surface area contributed by atoms with Crippen LogP contribution >= 0.6 is 0 Å². The number of hydrogen-bond donors (Lipinski definition) is 0. The van der Waals surface area contributed by atoms with Crippen molar-refractivity contribution in [2.45, 2.75) is 6.61 Å². The molecule has 0 heterocycles. The van der Waals surface area contributed by atoms with Crippen LogP contribution in [0.25, 0.3) is 22.3 Å². The highest BCUT2D eigenvalue weighted by molar-refractivity contribution is 5.72. The van der Waals surface area contributed by atoms with E-state index >= 15 is 0 Å². The summed E-state index contributed by atoms with van der Waals surface area (Å²) in [6, 6.07) is 16.0. The average Bonchev–Trinajstić information content (AvgIpc) is 2.88. The van der Waals surface area contributed by atoms with Gasteiger partial charge in [-0.15, -0.1) is 0 Å². The Morgan fingerprint density at radius 1 is 0.706 bits per heavy atom. The van der Waals surface area contributed by atoms with E-state index in [1.807, 2.05) is 0 Å². The molecule has 0 aliphatic heterocycles. The Hall–Kier alpha value is -4.00. The van der Waals surface area contributed by atoms with Gasteiger partial charge in [0.15, 0.2) is 23.2 Å². The molecule has 0 spiro atoms. The lowest BCUT2D eigenvalue weighted by atomic mass is 9.98. The first kappa shape index (κ1) is 24.6. The van der Waals surface area contributed by atoms with Crippen molar-refractivity contribution in [2.75, 3.05) is 14.2 Å². The van der Waals surface area contributed by atoms with Crippen molar-refractivity contribution in [3.8, 4) is 28.0 Å². The molecule has 0 radical (unpaired) electrons. The van der Waals surface area contributed by atoms with Crippen LogP contribution in [-0.2, 0) is 16.1 Å². The smallest absolute Gasteiger partial charge is 0.203 e. The zero-order valence-electron chi connectivity index (χ0n) is 18.6. The van der Waals surface area contributed by atoms with Crippen LogP contribution in [0.3, 0.4) is 0 Å². The summed E-state index contributed by atoms with van der Waals surface area (Å²) in [5, 5.41) is 0. The lowest BCUT2D eigenvalue weighted by Crippen LogP contribution is -1.97. The number of ether oxygens (including phenoxy) is 3. The molecule has 176 valence electrons. The molecule has 0 N–H and O–H groups in total. The molecule has 0 amide bonds. The number of hydrogen-bond acceptors (Lipinski definition) is 3. The fourth-order valence-corrected chi connectivity index (χ4v) is 3.11. The van der Waals surface area contributed by atoms with E-state index < -0.39 is 34.8 Å². The third-order valence-corrected chi connectivity index (χ3v) is 5.09.